The molecular weight excluding hydrogens is 232 g/mol. The number of ether oxygens (including phenoxy) is 1. The van der Waals surface area contributed by atoms with Crippen molar-refractivity contribution in [3.63, 3.8) is 0 Å². The molecule has 0 spiro atoms. The van der Waals surface area contributed by atoms with Crippen LogP contribution in [0.25, 0.3) is 0 Å². The van der Waals surface area contributed by atoms with E-state index in [2.05, 4.69) is 9.84 Å². The van der Waals surface area contributed by atoms with Crippen LogP contribution in [-0.4, -0.2) is 18.4 Å². The number of amides is 2. The molecule has 0 bridgehead atoms. The van der Waals surface area contributed by atoms with Gasteiger partial charge in [0.05, 0.1) is 5.71 Å². The SMILES string of the molecule is C/C(=N/NC(N)=O)c1ccccc1OC(F)F. The molecule has 1 aromatic carbocycles. The quantitative estimate of drug-likeness (QED) is 0.623. The Morgan fingerprint density at radius 3 is 2.71 bits per heavy atom. The maximum atomic E-state index is 12.1. The maximum Gasteiger partial charge on any atom is 0.387 e. The Bertz CT molecular complexity index is 435. The lowest BCUT2D eigenvalue weighted by Gasteiger charge is -2.09. The van der Waals surface area contributed by atoms with E-state index < -0.39 is 12.6 Å². The van der Waals surface area contributed by atoms with Crippen LogP contribution >= 0.6 is 0 Å². The highest BCUT2D eigenvalue weighted by molar-refractivity contribution is 6.01. The standard InChI is InChI=1S/C10H11F2N3O2/c1-6(14-15-10(13)16)7-4-2-3-5-8(7)17-9(11)12/h2-5,9H,1H3,(H3,13,15,16)/b14-6-. The zero-order valence-corrected chi connectivity index (χ0v) is 8.98. The van der Waals surface area contributed by atoms with Crippen LogP contribution in [-0.2, 0) is 0 Å². The number of halogens is 2. The molecule has 3 N–H and O–H groups in total. The fraction of sp³-hybridized carbons (Fsp3) is 0.200. The fourth-order valence-corrected chi connectivity index (χ4v) is 1.16. The van der Waals surface area contributed by atoms with Gasteiger partial charge in [0.1, 0.15) is 5.75 Å². The van der Waals surface area contributed by atoms with E-state index in [0.717, 1.165) is 0 Å². The Morgan fingerprint density at radius 2 is 2.12 bits per heavy atom. The molecule has 0 heterocycles. The molecule has 7 heteroatoms. The van der Waals surface area contributed by atoms with E-state index in [0.29, 0.717) is 11.3 Å². The second kappa shape index (κ2) is 5.78. The number of benzene rings is 1. The summed E-state index contributed by atoms with van der Waals surface area (Å²) in [5.41, 5.74) is 7.49. The van der Waals surface area contributed by atoms with Gasteiger partial charge >= 0.3 is 12.6 Å². The summed E-state index contributed by atoms with van der Waals surface area (Å²) >= 11 is 0. The normalized spacial score (nSPS) is 11.4. The lowest BCUT2D eigenvalue weighted by molar-refractivity contribution is -0.0499. The molecule has 0 aromatic heterocycles. The first-order chi connectivity index (χ1) is 8.00. The number of carbonyl (C=O) groups is 1. The molecule has 0 saturated carbocycles. The van der Waals surface area contributed by atoms with Crippen LogP contribution in [0.1, 0.15) is 12.5 Å². The van der Waals surface area contributed by atoms with Crippen LogP contribution in [0.15, 0.2) is 29.4 Å². The Labute approximate surface area is 96.3 Å². The number of nitrogens with zero attached hydrogens (tertiary/aromatic N) is 1. The van der Waals surface area contributed by atoms with Crippen molar-refractivity contribution >= 4 is 11.7 Å². The molecule has 5 nitrogen and oxygen atoms in total. The van der Waals surface area contributed by atoms with Gasteiger partial charge in [-0.15, -0.1) is 0 Å². The molecule has 92 valence electrons. The van der Waals surface area contributed by atoms with Crippen molar-refractivity contribution in [2.24, 2.45) is 10.8 Å². The Morgan fingerprint density at radius 1 is 1.47 bits per heavy atom. The largest absolute Gasteiger partial charge is 0.434 e. The summed E-state index contributed by atoms with van der Waals surface area (Å²) in [4.78, 5) is 10.5. The molecule has 17 heavy (non-hydrogen) atoms. The van der Waals surface area contributed by atoms with E-state index in [9.17, 15) is 13.6 Å². The Hall–Kier alpha value is -2.18. The highest BCUT2D eigenvalue weighted by Crippen LogP contribution is 2.20. The summed E-state index contributed by atoms with van der Waals surface area (Å²) in [6.07, 6.45) is 0. The first kappa shape index (κ1) is 12.9. The minimum absolute atomic E-state index is 0.0185. The van der Waals surface area contributed by atoms with Gasteiger partial charge in [0, 0.05) is 5.56 Å². The number of hydrazone groups is 1. The lowest BCUT2D eigenvalue weighted by Crippen LogP contribution is -2.25. The minimum Gasteiger partial charge on any atom is -0.434 e. The summed E-state index contributed by atoms with van der Waals surface area (Å²) in [6.45, 7) is -1.39. The number of hydrogen-bond donors (Lipinski definition) is 2. The van der Waals surface area contributed by atoms with Crippen molar-refractivity contribution < 1.29 is 18.3 Å². The Kier molecular flexibility index (Phi) is 4.38. The highest BCUT2D eigenvalue weighted by Gasteiger charge is 2.11. The predicted molar refractivity (Wildman–Crippen MR) is 58.0 cm³/mol. The molecule has 0 aliphatic rings. The number of nitrogens with two attached hydrogens (primary N) is 1. The van der Waals surface area contributed by atoms with Crippen LogP contribution in [0.5, 0.6) is 5.75 Å². The zero-order chi connectivity index (χ0) is 12.8. The van der Waals surface area contributed by atoms with Gasteiger partial charge in [0.25, 0.3) is 0 Å². The number of urea groups is 1. The predicted octanol–water partition coefficient (Wildman–Crippen LogP) is 1.68. The Balaban J connectivity index is 2.96. The fourth-order valence-electron chi connectivity index (χ4n) is 1.16. The van der Waals surface area contributed by atoms with Gasteiger partial charge in [-0.05, 0) is 19.1 Å². The molecule has 1 aromatic rings. The van der Waals surface area contributed by atoms with Gasteiger partial charge in [0.2, 0.25) is 0 Å². The molecule has 2 amide bonds. The second-order valence-electron chi connectivity index (χ2n) is 3.05. The third kappa shape index (κ3) is 4.06. The number of hydrogen-bond acceptors (Lipinski definition) is 3. The number of primary amides is 1. The van der Waals surface area contributed by atoms with E-state index >= 15 is 0 Å². The molecule has 0 aliphatic heterocycles. The highest BCUT2D eigenvalue weighted by atomic mass is 19.3. The van der Waals surface area contributed by atoms with E-state index in [1.807, 2.05) is 5.43 Å². The van der Waals surface area contributed by atoms with E-state index in [1.54, 1.807) is 18.2 Å². The molecule has 1 rings (SSSR count). The minimum atomic E-state index is -2.92. The monoisotopic (exact) mass is 243 g/mol. The molecular formula is C10H11F2N3O2. The van der Waals surface area contributed by atoms with Gasteiger partial charge in [-0.3, -0.25) is 0 Å². The van der Waals surface area contributed by atoms with E-state index in [-0.39, 0.29) is 5.75 Å². The van der Waals surface area contributed by atoms with Crippen LogP contribution < -0.4 is 15.9 Å². The van der Waals surface area contributed by atoms with Crippen LogP contribution in [0.3, 0.4) is 0 Å². The summed E-state index contributed by atoms with van der Waals surface area (Å²) in [6, 6.07) is 5.27. The molecule has 0 atom stereocenters. The van der Waals surface area contributed by atoms with Crippen molar-refractivity contribution in [2.45, 2.75) is 13.5 Å². The van der Waals surface area contributed by atoms with Gasteiger partial charge in [-0.25, -0.2) is 10.2 Å². The molecule has 0 aliphatic carbocycles. The van der Waals surface area contributed by atoms with Crippen LogP contribution in [0.4, 0.5) is 13.6 Å². The molecule has 0 radical (unpaired) electrons. The molecule has 0 unspecified atom stereocenters. The van der Waals surface area contributed by atoms with E-state index in [1.165, 1.54) is 13.0 Å². The maximum absolute atomic E-state index is 12.1. The zero-order valence-electron chi connectivity index (χ0n) is 8.98. The third-order valence-corrected chi connectivity index (χ3v) is 1.83. The van der Waals surface area contributed by atoms with E-state index in [4.69, 9.17) is 5.73 Å². The van der Waals surface area contributed by atoms with Crippen molar-refractivity contribution in [1.82, 2.24) is 5.43 Å². The van der Waals surface area contributed by atoms with Crippen LogP contribution in [0.2, 0.25) is 0 Å². The van der Waals surface area contributed by atoms with Crippen LogP contribution in [0, 0.1) is 0 Å². The van der Waals surface area contributed by atoms with Crippen molar-refractivity contribution in [3.05, 3.63) is 29.8 Å². The summed E-state index contributed by atoms with van der Waals surface area (Å²) in [5.74, 6) is -0.0185. The van der Waals surface area contributed by atoms with Gasteiger partial charge in [-0.2, -0.15) is 13.9 Å². The lowest BCUT2D eigenvalue weighted by atomic mass is 10.1. The molecule has 0 fully saturated rings. The summed E-state index contributed by atoms with van der Waals surface area (Å²) in [7, 11) is 0. The van der Waals surface area contributed by atoms with Gasteiger partial charge in [0.15, 0.2) is 0 Å². The van der Waals surface area contributed by atoms with Crippen molar-refractivity contribution in [3.8, 4) is 5.75 Å². The first-order valence-electron chi connectivity index (χ1n) is 4.64. The average molecular weight is 243 g/mol. The number of alkyl halides is 2. The topological polar surface area (TPSA) is 76.7 Å². The van der Waals surface area contributed by atoms with Crippen molar-refractivity contribution in [1.29, 1.82) is 0 Å². The number of nitrogens with one attached hydrogen (secondary N) is 1. The van der Waals surface area contributed by atoms with Crippen molar-refractivity contribution in [2.75, 3.05) is 0 Å². The second-order valence-corrected chi connectivity index (χ2v) is 3.05. The number of carbonyl (C=O) groups excluding carboxylic acids is 1. The first-order valence-corrected chi connectivity index (χ1v) is 4.64. The van der Waals surface area contributed by atoms with Gasteiger partial charge in [-0.1, -0.05) is 12.1 Å². The number of para-hydroxylation sites is 1. The smallest absolute Gasteiger partial charge is 0.387 e. The third-order valence-electron chi connectivity index (χ3n) is 1.83. The van der Waals surface area contributed by atoms with Gasteiger partial charge < -0.3 is 10.5 Å². The number of rotatable bonds is 4. The average Bonchev–Trinajstić information content (AvgIpc) is 2.25. The summed E-state index contributed by atoms with van der Waals surface area (Å²) < 4.78 is 28.6. The summed E-state index contributed by atoms with van der Waals surface area (Å²) in [5, 5.41) is 3.63. The molecule has 0 saturated heterocycles.